The van der Waals surface area contributed by atoms with Gasteiger partial charge in [-0.15, -0.1) is 0 Å². The summed E-state index contributed by atoms with van der Waals surface area (Å²) in [6.07, 6.45) is -1.71. The second kappa shape index (κ2) is 7.98. The molecule has 21 heavy (non-hydrogen) atoms. The van der Waals surface area contributed by atoms with Gasteiger partial charge in [0.2, 0.25) is 5.91 Å². The van der Waals surface area contributed by atoms with Gasteiger partial charge in [-0.1, -0.05) is 20.3 Å². The summed E-state index contributed by atoms with van der Waals surface area (Å²) in [4.78, 5) is 14.9. The summed E-state index contributed by atoms with van der Waals surface area (Å²) < 4.78 is 37.8. The third kappa shape index (κ3) is 6.65. The van der Waals surface area contributed by atoms with E-state index in [1.54, 1.807) is 18.7 Å². The topological polar surface area (TPSA) is 43.8 Å². The zero-order valence-electron chi connectivity index (χ0n) is 12.7. The first-order valence-electron chi connectivity index (χ1n) is 7.42. The lowest BCUT2D eigenvalue weighted by Crippen LogP contribution is -2.50. The van der Waals surface area contributed by atoms with Gasteiger partial charge in [0.1, 0.15) is 6.54 Å². The van der Waals surface area contributed by atoms with Gasteiger partial charge in [-0.3, -0.25) is 9.69 Å². The van der Waals surface area contributed by atoms with Gasteiger partial charge in [-0.05, 0) is 25.3 Å². The maximum absolute atomic E-state index is 12.6. The predicted octanol–water partition coefficient (Wildman–Crippen LogP) is 1.88. The van der Waals surface area contributed by atoms with Crippen molar-refractivity contribution in [3.8, 4) is 0 Å². The molecule has 0 spiro atoms. The fourth-order valence-electron chi connectivity index (χ4n) is 2.66. The van der Waals surface area contributed by atoms with E-state index >= 15 is 0 Å². The third-order valence-electron chi connectivity index (χ3n) is 3.61. The van der Waals surface area contributed by atoms with Crippen LogP contribution in [0.4, 0.5) is 13.2 Å². The monoisotopic (exact) mass is 310 g/mol. The Morgan fingerprint density at radius 1 is 1.38 bits per heavy atom. The minimum Gasteiger partial charge on any atom is -0.395 e. The standard InChI is InChI=1S/C14H25F3N2O2/c1-11(2)7-19(10-14(15,16)17)13(21)8-18-6-4-3-5-12(18)9-20/h11-12,20H,3-10H2,1-2H3. The quantitative estimate of drug-likeness (QED) is 0.815. The molecule has 0 radical (unpaired) electrons. The van der Waals surface area contributed by atoms with E-state index in [0.717, 1.165) is 24.2 Å². The molecule has 0 bridgehead atoms. The minimum absolute atomic E-state index is 0.0219. The lowest BCUT2D eigenvalue weighted by molar-refractivity contribution is -0.163. The summed E-state index contributed by atoms with van der Waals surface area (Å²) in [7, 11) is 0. The zero-order valence-corrected chi connectivity index (χ0v) is 12.7. The van der Waals surface area contributed by atoms with Gasteiger partial charge >= 0.3 is 6.18 Å². The largest absolute Gasteiger partial charge is 0.406 e. The number of hydrogen-bond donors (Lipinski definition) is 1. The van der Waals surface area contributed by atoms with Crippen molar-refractivity contribution < 1.29 is 23.1 Å². The normalized spacial score (nSPS) is 20.8. The first-order valence-corrected chi connectivity index (χ1v) is 7.42. The van der Waals surface area contributed by atoms with E-state index in [9.17, 15) is 23.1 Å². The van der Waals surface area contributed by atoms with Crippen molar-refractivity contribution in [2.45, 2.75) is 45.3 Å². The van der Waals surface area contributed by atoms with Gasteiger partial charge < -0.3 is 10.0 Å². The fraction of sp³-hybridized carbons (Fsp3) is 0.929. The Morgan fingerprint density at radius 2 is 2.05 bits per heavy atom. The van der Waals surface area contributed by atoms with Crippen molar-refractivity contribution >= 4 is 5.91 Å². The summed E-state index contributed by atoms with van der Waals surface area (Å²) in [6.45, 7) is 3.00. The Labute approximate surface area is 123 Å². The highest BCUT2D eigenvalue weighted by molar-refractivity contribution is 5.78. The Kier molecular flexibility index (Phi) is 6.93. The van der Waals surface area contributed by atoms with Crippen LogP contribution in [0.5, 0.6) is 0 Å². The molecule has 1 heterocycles. The van der Waals surface area contributed by atoms with Crippen LogP contribution >= 0.6 is 0 Å². The van der Waals surface area contributed by atoms with Gasteiger partial charge in [0.05, 0.1) is 13.2 Å². The number of nitrogens with zero attached hydrogens (tertiary/aromatic N) is 2. The number of rotatable bonds is 6. The Bertz CT molecular complexity index is 335. The molecule has 1 aliphatic heterocycles. The number of hydrogen-bond acceptors (Lipinski definition) is 3. The Balaban J connectivity index is 2.66. The van der Waals surface area contributed by atoms with Crippen LogP contribution in [0.2, 0.25) is 0 Å². The van der Waals surface area contributed by atoms with E-state index in [2.05, 4.69) is 0 Å². The number of piperidine rings is 1. The van der Waals surface area contributed by atoms with Crippen LogP contribution in [0.25, 0.3) is 0 Å². The number of aliphatic hydroxyl groups excluding tert-OH is 1. The SMILES string of the molecule is CC(C)CN(CC(F)(F)F)C(=O)CN1CCCCC1CO. The summed E-state index contributed by atoms with van der Waals surface area (Å²) in [5.74, 6) is -0.535. The Morgan fingerprint density at radius 3 is 2.57 bits per heavy atom. The maximum Gasteiger partial charge on any atom is 0.406 e. The molecule has 4 nitrogen and oxygen atoms in total. The van der Waals surface area contributed by atoms with Gasteiger partial charge in [0.25, 0.3) is 0 Å². The van der Waals surface area contributed by atoms with E-state index < -0.39 is 18.6 Å². The molecule has 1 N–H and O–H groups in total. The van der Waals surface area contributed by atoms with Crippen molar-refractivity contribution in [3.05, 3.63) is 0 Å². The fourth-order valence-corrected chi connectivity index (χ4v) is 2.66. The molecular weight excluding hydrogens is 285 g/mol. The summed E-state index contributed by atoms with van der Waals surface area (Å²) in [6, 6.07) is -0.116. The van der Waals surface area contributed by atoms with Crippen LogP contribution in [0, 0.1) is 5.92 Å². The second-order valence-electron chi connectivity index (χ2n) is 6.09. The zero-order chi connectivity index (χ0) is 16.0. The van der Waals surface area contributed by atoms with Crippen LogP contribution < -0.4 is 0 Å². The number of amides is 1. The molecular formula is C14H25F3N2O2. The number of carbonyl (C=O) groups is 1. The molecule has 0 aromatic rings. The molecule has 0 aromatic heterocycles. The molecule has 124 valence electrons. The molecule has 1 amide bonds. The van der Waals surface area contributed by atoms with Crippen molar-refractivity contribution in [2.24, 2.45) is 5.92 Å². The van der Waals surface area contributed by atoms with E-state index in [1.807, 2.05) is 0 Å². The van der Waals surface area contributed by atoms with Crippen LogP contribution in [-0.4, -0.2) is 65.8 Å². The van der Waals surface area contributed by atoms with Gasteiger partial charge in [-0.2, -0.15) is 13.2 Å². The minimum atomic E-state index is -4.39. The van der Waals surface area contributed by atoms with E-state index in [1.165, 1.54) is 0 Å². The first kappa shape index (κ1) is 18.2. The number of carbonyl (C=O) groups excluding carboxylic acids is 1. The van der Waals surface area contributed by atoms with Gasteiger partial charge in [0, 0.05) is 12.6 Å². The molecule has 1 unspecified atom stereocenters. The lowest BCUT2D eigenvalue weighted by Gasteiger charge is -2.36. The van der Waals surface area contributed by atoms with Crippen molar-refractivity contribution in [2.75, 3.05) is 32.8 Å². The number of aliphatic hydroxyl groups is 1. The first-order chi connectivity index (χ1) is 9.73. The van der Waals surface area contributed by atoms with Crippen molar-refractivity contribution in [1.82, 2.24) is 9.80 Å². The van der Waals surface area contributed by atoms with Crippen LogP contribution in [0.15, 0.2) is 0 Å². The highest BCUT2D eigenvalue weighted by Gasteiger charge is 2.34. The highest BCUT2D eigenvalue weighted by Crippen LogP contribution is 2.20. The second-order valence-corrected chi connectivity index (χ2v) is 6.09. The number of halogens is 3. The molecule has 1 saturated heterocycles. The molecule has 1 rings (SSSR count). The smallest absolute Gasteiger partial charge is 0.395 e. The van der Waals surface area contributed by atoms with E-state index in [4.69, 9.17) is 0 Å². The molecule has 1 fully saturated rings. The van der Waals surface area contributed by atoms with Crippen molar-refractivity contribution in [1.29, 1.82) is 0 Å². The van der Waals surface area contributed by atoms with Crippen LogP contribution in [0.1, 0.15) is 33.1 Å². The predicted molar refractivity (Wildman–Crippen MR) is 73.8 cm³/mol. The summed E-state index contributed by atoms with van der Waals surface area (Å²) in [5, 5.41) is 9.30. The Hall–Kier alpha value is -0.820. The number of likely N-dealkylation sites (tertiary alicyclic amines) is 1. The molecule has 0 aromatic carbocycles. The average Bonchev–Trinajstić information content (AvgIpc) is 2.36. The average molecular weight is 310 g/mol. The van der Waals surface area contributed by atoms with Crippen LogP contribution in [0.3, 0.4) is 0 Å². The highest BCUT2D eigenvalue weighted by atomic mass is 19.4. The molecule has 1 atom stereocenters. The van der Waals surface area contributed by atoms with Crippen LogP contribution in [-0.2, 0) is 4.79 Å². The molecule has 0 saturated carbocycles. The maximum atomic E-state index is 12.6. The van der Waals surface area contributed by atoms with E-state index in [0.29, 0.717) is 6.54 Å². The third-order valence-corrected chi connectivity index (χ3v) is 3.61. The summed E-state index contributed by atoms with van der Waals surface area (Å²) >= 11 is 0. The molecule has 7 heteroatoms. The molecule has 1 aliphatic rings. The van der Waals surface area contributed by atoms with E-state index in [-0.39, 0.29) is 31.7 Å². The van der Waals surface area contributed by atoms with Gasteiger partial charge in [-0.25, -0.2) is 0 Å². The lowest BCUT2D eigenvalue weighted by atomic mass is 10.0. The summed E-state index contributed by atoms with van der Waals surface area (Å²) in [5.41, 5.74) is 0. The number of alkyl halides is 3. The van der Waals surface area contributed by atoms with Crippen molar-refractivity contribution in [3.63, 3.8) is 0 Å². The van der Waals surface area contributed by atoms with Gasteiger partial charge in [0.15, 0.2) is 0 Å². The molecule has 0 aliphatic carbocycles.